The van der Waals surface area contributed by atoms with E-state index in [-0.39, 0.29) is 5.69 Å². The maximum absolute atomic E-state index is 11.6. The Morgan fingerprint density at radius 1 is 1.08 bits per heavy atom. The van der Waals surface area contributed by atoms with Crippen LogP contribution in [-0.4, -0.2) is 25.8 Å². The summed E-state index contributed by atoms with van der Waals surface area (Å²) >= 11 is 6.14. The van der Waals surface area contributed by atoms with Gasteiger partial charge >= 0.3 is 5.97 Å². The van der Waals surface area contributed by atoms with Crippen molar-refractivity contribution < 1.29 is 9.90 Å². The standard InChI is InChI=1S/C20H14ClN3O2/c1-12-18-16(13-6-5-7-14(21)10-13)11-17(20(25)26)22-19(18)24(23-12)15-8-3-2-4-9-15/h2-11H,1H3,(H,25,26). The number of hydrogen-bond acceptors (Lipinski definition) is 3. The summed E-state index contributed by atoms with van der Waals surface area (Å²) in [6, 6.07) is 18.4. The largest absolute Gasteiger partial charge is 0.477 e. The molecule has 4 aromatic rings. The normalized spacial score (nSPS) is 11.0. The molecule has 1 N–H and O–H groups in total. The number of aromatic nitrogens is 3. The molecule has 2 aromatic carbocycles. The number of rotatable bonds is 3. The predicted molar refractivity (Wildman–Crippen MR) is 101 cm³/mol. The highest BCUT2D eigenvalue weighted by atomic mass is 35.5. The van der Waals surface area contributed by atoms with Gasteiger partial charge in [-0.05, 0) is 48.4 Å². The lowest BCUT2D eigenvalue weighted by Gasteiger charge is -2.08. The van der Waals surface area contributed by atoms with E-state index in [1.165, 1.54) is 0 Å². The van der Waals surface area contributed by atoms with Gasteiger partial charge in [0.05, 0.1) is 16.8 Å². The zero-order valence-corrected chi connectivity index (χ0v) is 14.6. The third kappa shape index (κ3) is 2.72. The van der Waals surface area contributed by atoms with Crippen molar-refractivity contribution in [3.63, 3.8) is 0 Å². The second-order valence-corrected chi connectivity index (χ2v) is 6.34. The number of carbonyl (C=O) groups is 1. The summed E-state index contributed by atoms with van der Waals surface area (Å²) in [4.78, 5) is 16.0. The minimum Gasteiger partial charge on any atom is -0.477 e. The fraction of sp³-hybridized carbons (Fsp3) is 0.0500. The molecule has 2 heterocycles. The number of fused-ring (bicyclic) bond motifs is 1. The van der Waals surface area contributed by atoms with E-state index >= 15 is 0 Å². The fourth-order valence-corrected chi connectivity index (χ4v) is 3.22. The molecule has 0 amide bonds. The van der Waals surface area contributed by atoms with E-state index in [0.717, 1.165) is 27.9 Å². The Morgan fingerprint density at radius 2 is 1.85 bits per heavy atom. The Kier molecular flexibility index (Phi) is 3.93. The minimum atomic E-state index is -1.09. The SMILES string of the molecule is Cc1nn(-c2ccccc2)c2nc(C(=O)O)cc(-c3cccc(Cl)c3)c12. The van der Waals surface area contributed by atoms with Crippen molar-refractivity contribution >= 4 is 28.6 Å². The molecule has 0 saturated heterocycles. The molecule has 0 aliphatic heterocycles. The van der Waals surface area contributed by atoms with Crippen LogP contribution in [0.15, 0.2) is 60.7 Å². The third-order valence-electron chi connectivity index (χ3n) is 4.17. The van der Waals surface area contributed by atoms with Gasteiger partial charge in [-0.3, -0.25) is 0 Å². The lowest BCUT2D eigenvalue weighted by atomic mass is 10.0. The molecular formula is C20H14ClN3O2. The Morgan fingerprint density at radius 3 is 2.54 bits per heavy atom. The first-order valence-electron chi connectivity index (χ1n) is 7.99. The van der Waals surface area contributed by atoms with Crippen molar-refractivity contribution in [2.75, 3.05) is 0 Å². The van der Waals surface area contributed by atoms with E-state index in [1.54, 1.807) is 22.9 Å². The quantitative estimate of drug-likeness (QED) is 0.570. The van der Waals surface area contributed by atoms with E-state index in [9.17, 15) is 9.90 Å². The Hall–Kier alpha value is -3.18. The van der Waals surface area contributed by atoms with Gasteiger partial charge in [0.15, 0.2) is 11.3 Å². The second kappa shape index (κ2) is 6.28. The van der Waals surface area contributed by atoms with Crippen LogP contribution in [0.1, 0.15) is 16.2 Å². The monoisotopic (exact) mass is 363 g/mol. The van der Waals surface area contributed by atoms with Crippen LogP contribution in [0, 0.1) is 6.92 Å². The lowest BCUT2D eigenvalue weighted by Crippen LogP contribution is -2.04. The van der Waals surface area contributed by atoms with Gasteiger partial charge in [-0.1, -0.05) is 41.9 Å². The van der Waals surface area contributed by atoms with Crippen molar-refractivity contribution in [3.05, 3.63) is 77.1 Å². The van der Waals surface area contributed by atoms with Gasteiger partial charge in [-0.15, -0.1) is 0 Å². The molecule has 0 atom stereocenters. The van der Waals surface area contributed by atoms with Crippen LogP contribution in [0.5, 0.6) is 0 Å². The van der Waals surface area contributed by atoms with Crippen molar-refractivity contribution in [3.8, 4) is 16.8 Å². The van der Waals surface area contributed by atoms with E-state index in [4.69, 9.17) is 11.6 Å². The van der Waals surface area contributed by atoms with Crippen LogP contribution in [-0.2, 0) is 0 Å². The molecular weight excluding hydrogens is 350 g/mol. The van der Waals surface area contributed by atoms with Crippen molar-refractivity contribution in [1.29, 1.82) is 0 Å². The summed E-state index contributed by atoms with van der Waals surface area (Å²) in [6.45, 7) is 1.89. The van der Waals surface area contributed by atoms with Crippen molar-refractivity contribution in [1.82, 2.24) is 14.8 Å². The number of halogens is 1. The van der Waals surface area contributed by atoms with Gasteiger partial charge in [0.1, 0.15) is 0 Å². The van der Waals surface area contributed by atoms with Crippen LogP contribution < -0.4 is 0 Å². The molecule has 0 spiro atoms. The molecule has 26 heavy (non-hydrogen) atoms. The van der Waals surface area contributed by atoms with Crippen LogP contribution in [0.4, 0.5) is 0 Å². The molecule has 0 unspecified atom stereocenters. The number of hydrogen-bond donors (Lipinski definition) is 1. The van der Waals surface area contributed by atoms with Gasteiger partial charge in [-0.25, -0.2) is 14.5 Å². The van der Waals surface area contributed by atoms with Gasteiger partial charge < -0.3 is 5.11 Å². The number of aromatic carboxylic acids is 1. The summed E-state index contributed by atoms with van der Waals surface area (Å²) in [7, 11) is 0. The highest BCUT2D eigenvalue weighted by molar-refractivity contribution is 6.30. The average molecular weight is 364 g/mol. The highest BCUT2D eigenvalue weighted by Crippen LogP contribution is 2.33. The number of pyridine rings is 1. The van der Waals surface area contributed by atoms with Gasteiger partial charge in [0.25, 0.3) is 0 Å². The fourth-order valence-electron chi connectivity index (χ4n) is 3.03. The molecule has 128 valence electrons. The maximum atomic E-state index is 11.6. The summed E-state index contributed by atoms with van der Waals surface area (Å²) in [6.07, 6.45) is 0. The molecule has 4 rings (SSSR count). The number of carboxylic acid groups (broad SMARTS) is 1. The van der Waals surface area contributed by atoms with Gasteiger partial charge in [0.2, 0.25) is 0 Å². The number of aryl methyl sites for hydroxylation is 1. The van der Waals surface area contributed by atoms with Crippen molar-refractivity contribution in [2.24, 2.45) is 0 Å². The molecule has 0 bridgehead atoms. The van der Waals surface area contributed by atoms with E-state index in [2.05, 4.69) is 10.1 Å². The Labute approximate surface area is 154 Å². The van der Waals surface area contributed by atoms with Crippen LogP contribution >= 0.6 is 11.6 Å². The molecule has 2 aromatic heterocycles. The number of nitrogens with zero attached hydrogens (tertiary/aromatic N) is 3. The summed E-state index contributed by atoms with van der Waals surface area (Å²) in [5, 5.41) is 15.5. The van der Waals surface area contributed by atoms with E-state index in [1.807, 2.05) is 49.4 Å². The number of carboxylic acids is 1. The molecule has 0 aliphatic rings. The molecule has 0 saturated carbocycles. The zero-order valence-electron chi connectivity index (χ0n) is 13.8. The lowest BCUT2D eigenvalue weighted by molar-refractivity contribution is 0.0691. The summed E-state index contributed by atoms with van der Waals surface area (Å²) < 4.78 is 1.67. The number of para-hydroxylation sites is 1. The zero-order chi connectivity index (χ0) is 18.3. The van der Waals surface area contributed by atoms with Crippen LogP contribution in [0.3, 0.4) is 0 Å². The molecule has 0 fully saturated rings. The van der Waals surface area contributed by atoms with E-state index < -0.39 is 5.97 Å². The Bertz CT molecular complexity index is 1140. The third-order valence-corrected chi connectivity index (χ3v) is 4.40. The molecule has 6 heteroatoms. The predicted octanol–water partition coefficient (Wildman–Crippen LogP) is 4.75. The first kappa shape index (κ1) is 16.3. The van der Waals surface area contributed by atoms with E-state index in [0.29, 0.717) is 10.7 Å². The first-order valence-corrected chi connectivity index (χ1v) is 8.37. The first-order chi connectivity index (χ1) is 12.5. The van der Waals surface area contributed by atoms with Crippen molar-refractivity contribution in [2.45, 2.75) is 6.92 Å². The molecule has 5 nitrogen and oxygen atoms in total. The minimum absolute atomic E-state index is 0.0374. The average Bonchev–Trinajstić information content (AvgIpc) is 2.98. The molecule has 0 aliphatic carbocycles. The summed E-state index contributed by atoms with van der Waals surface area (Å²) in [5.74, 6) is -1.09. The number of benzene rings is 2. The topological polar surface area (TPSA) is 68.0 Å². The van der Waals surface area contributed by atoms with Crippen LogP contribution in [0.2, 0.25) is 5.02 Å². The van der Waals surface area contributed by atoms with Gasteiger partial charge in [0, 0.05) is 5.02 Å². The maximum Gasteiger partial charge on any atom is 0.354 e. The molecule has 0 radical (unpaired) electrons. The second-order valence-electron chi connectivity index (χ2n) is 5.90. The Balaban J connectivity index is 2.09. The smallest absolute Gasteiger partial charge is 0.354 e. The van der Waals surface area contributed by atoms with Gasteiger partial charge in [-0.2, -0.15) is 5.10 Å². The summed E-state index contributed by atoms with van der Waals surface area (Å²) in [5.41, 5.74) is 3.62. The van der Waals surface area contributed by atoms with Crippen LogP contribution in [0.25, 0.3) is 27.8 Å². The highest BCUT2D eigenvalue weighted by Gasteiger charge is 2.19.